The predicted molar refractivity (Wildman–Crippen MR) is 129 cm³/mol. The largest absolute Gasteiger partial charge is 0.490 e. The number of pyridine rings is 1. The number of carbonyl (C=O) groups is 1. The van der Waals surface area contributed by atoms with Gasteiger partial charge in [0, 0.05) is 44.7 Å². The van der Waals surface area contributed by atoms with Crippen molar-refractivity contribution in [3.8, 4) is 11.5 Å². The highest BCUT2D eigenvalue weighted by Gasteiger charge is 2.30. The predicted octanol–water partition coefficient (Wildman–Crippen LogP) is 2.02. The minimum Gasteiger partial charge on any atom is -0.490 e. The SMILES string of the molecule is CCC(=O)N1CCC(Oc2ccc3c(c2)N(c2cncc(S(=O)(=O)N4CCOCC4)c2)CCO3)C1. The first-order valence-electron chi connectivity index (χ1n) is 12.0. The van der Waals surface area contributed by atoms with Crippen LogP contribution in [0.1, 0.15) is 19.8 Å². The van der Waals surface area contributed by atoms with Crippen LogP contribution in [-0.4, -0.2) is 87.2 Å². The number of anilines is 2. The zero-order chi connectivity index (χ0) is 24.4. The lowest BCUT2D eigenvalue weighted by Gasteiger charge is -2.32. The van der Waals surface area contributed by atoms with Gasteiger partial charge in [-0.2, -0.15) is 4.31 Å². The number of carbonyl (C=O) groups excluding carboxylic acids is 1. The smallest absolute Gasteiger partial charge is 0.244 e. The van der Waals surface area contributed by atoms with Gasteiger partial charge in [0.15, 0.2) is 0 Å². The van der Waals surface area contributed by atoms with Gasteiger partial charge in [-0.25, -0.2) is 8.42 Å². The van der Waals surface area contributed by atoms with E-state index >= 15 is 0 Å². The maximum absolute atomic E-state index is 13.2. The number of nitrogens with zero attached hydrogens (tertiary/aromatic N) is 4. The summed E-state index contributed by atoms with van der Waals surface area (Å²) < 4.78 is 45.1. The standard InChI is InChI=1S/C24H30N4O6S/c1-2-24(29)26-6-5-20(17-26)34-19-3-4-23-22(14-19)28(9-12-33-23)18-13-21(16-25-15-18)35(30,31)27-7-10-32-11-8-27/h3-4,13-16,20H,2,5-12,17H2,1H3. The van der Waals surface area contributed by atoms with E-state index in [9.17, 15) is 13.2 Å². The third-order valence-corrected chi connectivity index (χ3v) is 8.38. The van der Waals surface area contributed by atoms with Gasteiger partial charge in [-0.15, -0.1) is 0 Å². The fourth-order valence-corrected chi connectivity index (χ4v) is 6.03. The average molecular weight is 503 g/mol. The molecule has 0 saturated carbocycles. The van der Waals surface area contributed by atoms with Crippen molar-refractivity contribution in [3.05, 3.63) is 36.7 Å². The number of hydrogen-bond acceptors (Lipinski definition) is 8. The number of fused-ring (bicyclic) bond motifs is 1. The molecule has 5 rings (SSSR count). The lowest BCUT2D eigenvalue weighted by Crippen LogP contribution is -2.40. The van der Waals surface area contributed by atoms with Crippen LogP contribution in [0.5, 0.6) is 11.5 Å². The van der Waals surface area contributed by atoms with Crippen molar-refractivity contribution in [1.29, 1.82) is 0 Å². The summed E-state index contributed by atoms with van der Waals surface area (Å²) in [6.45, 7) is 5.58. The second kappa shape index (κ2) is 10.00. The Morgan fingerprint density at radius 3 is 2.74 bits per heavy atom. The van der Waals surface area contributed by atoms with Crippen LogP contribution in [-0.2, 0) is 19.6 Å². The maximum atomic E-state index is 13.2. The molecule has 0 bridgehead atoms. The molecule has 2 aromatic rings. The summed E-state index contributed by atoms with van der Waals surface area (Å²) in [5.74, 6) is 1.51. The summed E-state index contributed by atoms with van der Waals surface area (Å²) >= 11 is 0. The Morgan fingerprint density at radius 2 is 1.94 bits per heavy atom. The van der Waals surface area contributed by atoms with Crippen molar-refractivity contribution in [2.75, 3.05) is 57.4 Å². The molecule has 10 nitrogen and oxygen atoms in total. The van der Waals surface area contributed by atoms with Gasteiger partial charge in [-0.1, -0.05) is 6.92 Å². The quantitative estimate of drug-likeness (QED) is 0.591. The van der Waals surface area contributed by atoms with Crippen molar-refractivity contribution in [3.63, 3.8) is 0 Å². The number of rotatable bonds is 6. The summed E-state index contributed by atoms with van der Waals surface area (Å²) in [4.78, 5) is 20.2. The molecule has 0 spiro atoms. The Bertz CT molecular complexity index is 1180. The molecule has 2 fully saturated rings. The number of amides is 1. The molecule has 0 radical (unpaired) electrons. The van der Waals surface area contributed by atoms with Crippen LogP contribution in [0.25, 0.3) is 0 Å². The van der Waals surface area contributed by atoms with Gasteiger partial charge in [0.1, 0.15) is 29.1 Å². The summed E-state index contributed by atoms with van der Waals surface area (Å²) in [7, 11) is -3.66. The number of likely N-dealkylation sites (tertiary alicyclic amines) is 1. The van der Waals surface area contributed by atoms with Gasteiger partial charge in [-0.3, -0.25) is 9.78 Å². The Morgan fingerprint density at radius 1 is 1.11 bits per heavy atom. The van der Waals surface area contributed by atoms with Gasteiger partial charge >= 0.3 is 0 Å². The van der Waals surface area contributed by atoms with Crippen molar-refractivity contribution < 1.29 is 27.4 Å². The molecule has 1 aromatic heterocycles. The van der Waals surface area contributed by atoms with Gasteiger partial charge < -0.3 is 24.0 Å². The van der Waals surface area contributed by atoms with Crippen molar-refractivity contribution in [2.24, 2.45) is 0 Å². The first kappa shape index (κ1) is 23.8. The highest BCUT2D eigenvalue weighted by molar-refractivity contribution is 7.89. The van der Waals surface area contributed by atoms with Crippen LogP contribution >= 0.6 is 0 Å². The number of morpholine rings is 1. The number of aromatic nitrogens is 1. The number of hydrogen-bond donors (Lipinski definition) is 0. The van der Waals surface area contributed by atoms with Crippen LogP contribution in [0.15, 0.2) is 41.6 Å². The molecule has 4 heterocycles. The summed E-state index contributed by atoms with van der Waals surface area (Å²) in [6, 6.07) is 7.29. The molecular weight excluding hydrogens is 472 g/mol. The molecule has 1 atom stereocenters. The molecule has 188 valence electrons. The van der Waals surface area contributed by atoms with Crippen LogP contribution in [0.4, 0.5) is 11.4 Å². The van der Waals surface area contributed by atoms with Gasteiger partial charge in [0.05, 0.1) is 43.9 Å². The van der Waals surface area contributed by atoms with Gasteiger partial charge in [0.2, 0.25) is 15.9 Å². The maximum Gasteiger partial charge on any atom is 0.244 e. The zero-order valence-electron chi connectivity index (χ0n) is 19.8. The van der Waals surface area contributed by atoms with Crippen molar-refractivity contribution >= 4 is 27.3 Å². The number of benzene rings is 1. The van der Waals surface area contributed by atoms with E-state index < -0.39 is 10.0 Å². The average Bonchev–Trinajstić information content (AvgIpc) is 3.37. The van der Waals surface area contributed by atoms with E-state index in [1.807, 2.05) is 34.9 Å². The van der Waals surface area contributed by atoms with E-state index in [1.54, 1.807) is 12.3 Å². The van der Waals surface area contributed by atoms with Crippen molar-refractivity contribution in [1.82, 2.24) is 14.2 Å². The van der Waals surface area contributed by atoms with Crippen LogP contribution in [0, 0.1) is 0 Å². The Hall–Kier alpha value is -2.89. The second-order valence-electron chi connectivity index (χ2n) is 8.75. The fraction of sp³-hybridized carbons (Fsp3) is 0.500. The normalized spacial score (nSPS) is 20.9. The van der Waals surface area contributed by atoms with Crippen LogP contribution < -0.4 is 14.4 Å². The molecule has 35 heavy (non-hydrogen) atoms. The summed E-state index contributed by atoms with van der Waals surface area (Å²) in [5, 5.41) is 0. The summed E-state index contributed by atoms with van der Waals surface area (Å²) in [5.41, 5.74) is 1.46. The first-order valence-corrected chi connectivity index (χ1v) is 13.4. The number of sulfonamides is 1. The molecule has 0 N–H and O–H groups in total. The second-order valence-corrected chi connectivity index (χ2v) is 10.7. The van der Waals surface area contributed by atoms with Gasteiger partial charge in [0.25, 0.3) is 0 Å². The van der Waals surface area contributed by atoms with E-state index in [0.717, 1.165) is 12.1 Å². The van der Waals surface area contributed by atoms with E-state index in [-0.39, 0.29) is 16.9 Å². The molecule has 0 aliphatic carbocycles. The Kier molecular flexibility index (Phi) is 6.81. The number of ether oxygens (including phenoxy) is 3. The molecule has 1 unspecified atom stereocenters. The lowest BCUT2D eigenvalue weighted by atomic mass is 10.2. The molecule has 1 aromatic carbocycles. The van der Waals surface area contributed by atoms with E-state index in [1.165, 1.54) is 10.5 Å². The Labute approximate surface area is 205 Å². The van der Waals surface area contributed by atoms with Gasteiger partial charge in [-0.05, 0) is 18.2 Å². The van der Waals surface area contributed by atoms with Crippen LogP contribution in [0.3, 0.4) is 0 Å². The minimum atomic E-state index is -3.66. The van der Waals surface area contributed by atoms with Crippen molar-refractivity contribution in [2.45, 2.75) is 30.8 Å². The molecule has 3 aliphatic heterocycles. The summed E-state index contributed by atoms with van der Waals surface area (Å²) in [6.07, 6.45) is 4.26. The zero-order valence-corrected chi connectivity index (χ0v) is 20.6. The fourth-order valence-electron chi connectivity index (χ4n) is 4.64. The van der Waals surface area contributed by atoms with E-state index in [0.29, 0.717) is 76.2 Å². The molecule has 3 aliphatic rings. The topological polar surface area (TPSA) is 102 Å². The lowest BCUT2D eigenvalue weighted by molar-refractivity contribution is -0.130. The third-order valence-electron chi connectivity index (χ3n) is 6.51. The monoisotopic (exact) mass is 502 g/mol. The highest BCUT2D eigenvalue weighted by Crippen LogP contribution is 2.40. The molecule has 1 amide bonds. The van der Waals surface area contributed by atoms with E-state index in [4.69, 9.17) is 14.2 Å². The molecule has 11 heteroatoms. The Balaban J connectivity index is 1.37. The minimum absolute atomic E-state index is 0.0647. The third kappa shape index (κ3) is 4.93. The van der Waals surface area contributed by atoms with E-state index in [2.05, 4.69) is 4.98 Å². The first-order chi connectivity index (χ1) is 17.0. The molecule has 2 saturated heterocycles. The highest BCUT2D eigenvalue weighted by atomic mass is 32.2. The molecular formula is C24H30N4O6S. The van der Waals surface area contributed by atoms with Crippen LogP contribution in [0.2, 0.25) is 0 Å².